The molecule has 0 unspecified atom stereocenters. The van der Waals surface area contributed by atoms with Gasteiger partial charge in [-0.3, -0.25) is 15.4 Å². The van der Waals surface area contributed by atoms with Gasteiger partial charge in [-0.05, 0) is 18.1 Å². The molecule has 0 bridgehead atoms. The summed E-state index contributed by atoms with van der Waals surface area (Å²) in [4.78, 5) is 8.56. The fourth-order valence-electron chi connectivity index (χ4n) is 1.53. The van der Waals surface area contributed by atoms with Gasteiger partial charge in [0.2, 0.25) is 5.96 Å². The number of aliphatic imine (C=N–C) groups is 1. The van der Waals surface area contributed by atoms with E-state index in [0.29, 0.717) is 6.54 Å². The quantitative estimate of drug-likeness (QED) is 0.695. The van der Waals surface area contributed by atoms with Crippen molar-refractivity contribution in [3.8, 4) is 0 Å². The zero-order valence-corrected chi connectivity index (χ0v) is 9.98. The summed E-state index contributed by atoms with van der Waals surface area (Å²) < 4.78 is 0. The normalized spacial score (nSPS) is 17.5. The second-order valence-corrected chi connectivity index (χ2v) is 3.87. The van der Waals surface area contributed by atoms with Crippen LogP contribution in [0, 0.1) is 0 Å². The highest BCUT2D eigenvalue weighted by Crippen LogP contribution is 2.00. The summed E-state index contributed by atoms with van der Waals surface area (Å²) in [6.07, 6.45) is 5.88. The van der Waals surface area contributed by atoms with Crippen LogP contribution in [0.1, 0.15) is 25.3 Å². The largest absolute Gasteiger partial charge is 0.275 e. The number of pyridine rings is 1. The Hall–Kier alpha value is -1.66. The molecule has 0 aliphatic carbocycles. The predicted octanol–water partition coefficient (Wildman–Crippen LogP) is 0.567. The molecule has 1 aromatic rings. The topological polar surface area (TPSA) is 64.6 Å². The standard InChI is InChI=1S/C11H18N6/c1-2-3-7-17-11(14-15-16-17)13-9-10-5-4-6-12-8-10/h4-6,8,15-16H,2-3,7,9H2,1H3,(H,13,14). The average Bonchev–Trinajstić information content (AvgIpc) is 2.82. The van der Waals surface area contributed by atoms with Crippen molar-refractivity contribution in [1.82, 2.24) is 26.5 Å². The van der Waals surface area contributed by atoms with E-state index in [1.165, 1.54) is 0 Å². The number of aromatic nitrogens is 1. The van der Waals surface area contributed by atoms with Gasteiger partial charge in [0, 0.05) is 18.9 Å². The van der Waals surface area contributed by atoms with E-state index in [0.717, 1.165) is 30.9 Å². The minimum atomic E-state index is 0.627. The second kappa shape index (κ2) is 6.17. The Balaban J connectivity index is 1.91. The monoisotopic (exact) mass is 234 g/mol. The Labute approximate surface area is 101 Å². The van der Waals surface area contributed by atoms with Gasteiger partial charge in [-0.1, -0.05) is 19.4 Å². The molecule has 1 fully saturated rings. The fourth-order valence-corrected chi connectivity index (χ4v) is 1.53. The zero-order valence-electron chi connectivity index (χ0n) is 9.98. The van der Waals surface area contributed by atoms with Gasteiger partial charge in [0.1, 0.15) is 0 Å². The minimum absolute atomic E-state index is 0.627. The van der Waals surface area contributed by atoms with Gasteiger partial charge in [-0.15, -0.1) is 5.53 Å². The molecule has 0 saturated carbocycles. The SMILES string of the molecule is CCCCN1NNNC1=NCc1cccnc1. The first-order valence-corrected chi connectivity index (χ1v) is 5.87. The molecule has 6 heteroatoms. The van der Waals surface area contributed by atoms with E-state index in [9.17, 15) is 0 Å². The summed E-state index contributed by atoms with van der Waals surface area (Å²) in [6, 6.07) is 3.94. The van der Waals surface area contributed by atoms with Gasteiger partial charge in [0.05, 0.1) is 6.54 Å². The van der Waals surface area contributed by atoms with Crippen LogP contribution in [0.3, 0.4) is 0 Å². The lowest BCUT2D eigenvalue weighted by atomic mass is 10.3. The van der Waals surface area contributed by atoms with E-state index in [4.69, 9.17) is 0 Å². The second-order valence-electron chi connectivity index (χ2n) is 3.87. The highest BCUT2D eigenvalue weighted by Gasteiger charge is 2.15. The highest BCUT2D eigenvalue weighted by atomic mass is 15.9. The Morgan fingerprint density at radius 1 is 1.47 bits per heavy atom. The van der Waals surface area contributed by atoms with Crippen molar-refractivity contribution in [2.45, 2.75) is 26.3 Å². The Bertz CT molecular complexity index is 363. The van der Waals surface area contributed by atoms with E-state index in [1.54, 1.807) is 6.20 Å². The van der Waals surface area contributed by atoms with Crippen LogP contribution in [0.15, 0.2) is 29.5 Å². The molecule has 2 heterocycles. The molecule has 17 heavy (non-hydrogen) atoms. The smallest absolute Gasteiger partial charge is 0.225 e. The van der Waals surface area contributed by atoms with Gasteiger partial charge in [-0.25, -0.2) is 4.99 Å². The molecular formula is C11H18N6. The third-order valence-corrected chi connectivity index (χ3v) is 2.49. The number of hydrogen-bond acceptors (Lipinski definition) is 4. The van der Waals surface area contributed by atoms with Gasteiger partial charge in [-0.2, -0.15) is 5.53 Å². The summed E-state index contributed by atoms with van der Waals surface area (Å²) in [7, 11) is 0. The molecule has 0 radical (unpaired) electrons. The van der Waals surface area contributed by atoms with Crippen LogP contribution in [0.25, 0.3) is 0 Å². The Morgan fingerprint density at radius 3 is 3.18 bits per heavy atom. The Morgan fingerprint density at radius 2 is 2.41 bits per heavy atom. The average molecular weight is 234 g/mol. The van der Waals surface area contributed by atoms with Crippen molar-refractivity contribution in [2.75, 3.05) is 6.54 Å². The summed E-state index contributed by atoms with van der Waals surface area (Å²) in [5, 5.41) is 1.97. The maximum atomic E-state index is 4.49. The lowest BCUT2D eigenvalue weighted by Gasteiger charge is -2.14. The lowest BCUT2D eigenvalue weighted by molar-refractivity contribution is 0.296. The summed E-state index contributed by atoms with van der Waals surface area (Å²) >= 11 is 0. The molecule has 0 aromatic carbocycles. The number of nitrogens with one attached hydrogen (secondary N) is 3. The third kappa shape index (κ3) is 3.40. The van der Waals surface area contributed by atoms with E-state index in [-0.39, 0.29) is 0 Å². The number of hydrazine groups is 3. The van der Waals surface area contributed by atoms with E-state index < -0.39 is 0 Å². The molecule has 0 spiro atoms. The Kier molecular flexibility index (Phi) is 4.29. The number of hydrogen-bond donors (Lipinski definition) is 3. The lowest BCUT2D eigenvalue weighted by Crippen LogP contribution is -2.38. The van der Waals surface area contributed by atoms with Crippen molar-refractivity contribution in [1.29, 1.82) is 0 Å². The van der Waals surface area contributed by atoms with Crippen LogP contribution in [-0.4, -0.2) is 22.5 Å². The summed E-state index contributed by atoms with van der Waals surface area (Å²) in [5.74, 6) is 0.822. The molecule has 0 amide bonds. The number of guanidine groups is 1. The van der Waals surface area contributed by atoms with Crippen molar-refractivity contribution in [3.63, 3.8) is 0 Å². The number of rotatable bonds is 5. The first kappa shape index (κ1) is 11.8. The van der Waals surface area contributed by atoms with Crippen LogP contribution < -0.4 is 16.5 Å². The van der Waals surface area contributed by atoms with E-state index >= 15 is 0 Å². The van der Waals surface area contributed by atoms with Crippen LogP contribution in [0.2, 0.25) is 0 Å². The maximum absolute atomic E-state index is 4.49. The van der Waals surface area contributed by atoms with Crippen molar-refractivity contribution < 1.29 is 0 Å². The van der Waals surface area contributed by atoms with E-state index in [1.807, 2.05) is 23.3 Å². The van der Waals surface area contributed by atoms with Crippen molar-refractivity contribution in [2.24, 2.45) is 4.99 Å². The molecule has 2 rings (SSSR count). The van der Waals surface area contributed by atoms with Gasteiger partial charge >= 0.3 is 0 Å². The van der Waals surface area contributed by atoms with Gasteiger partial charge in [0.25, 0.3) is 0 Å². The molecule has 3 N–H and O–H groups in total. The van der Waals surface area contributed by atoms with E-state index in [2.05, 4.69) is 33.4 Å². The van der Waals surface area contributed by atoms with Crippen LogP contribution >= 0.6 is 0 Å². The predicted molar refractivity (Wildman–Crippen MR) is 66.4 cm³/mol. The maximum Gasteiger partial charge on any atom is 0.225 e. The zero-order chi connectivity index (χ0) is 11.9. The van der Waals surface area contributed by atoms with Crippen LogP contribution in [-0.2, 0) is 6.54 Å². The van der Waals surface area contributed by atoms with Gasteiger partial charge < -0.3 is 0 Å². The molecule has 0 atom stereocenters. The van der Waals surface area contributed by atoms with Crippen molar-refractivity contribution in [3.05, 3.63) is 30.1 Å². The van der Waals surface area contributed by atoms with Gasteiger partial charge in [0.15, 0.2) is 0 Å². The first-order chi connectivity index (χ1) is 8.40. The number of unbranched alkanes of at least 4 members (excludes halogenated alkanes) is 1. The fraction of sp³-hybridized carbons (Fsp3) is 0.455. The molecule has 6 nitrogen and oxygen atoms in total. The van der Waals surface area contributed by atoms with Crippen molar-refractivity contribution >= 4 is 5.96 Å². The first-order valence-electron chi connectivity index (χ1n) is 5.87. The minimum Gasteiger partial charge on any atom is -0.275 e. The third-order valence-electron chi connectivity index (χ3n) is 2.49. The summed E-state index contributed by atoms with van der Waals surface area (Å²) in [6.45, 7) is 3.73. The highest BCUT2D eigenvalue weighted by molar-refractivity contribution is 5.80. The molecule has 1 aromatic heterocycles. The molecule has 1 saturated heterocycles. The van der Waals surface area contributed by atoms with Crippen LogP contribution in [0.4, 0.5) is 0 Å². The molecule has 1 aliphatic heterocycles. The molecule has 1 aliphatic rings. The summed E-state index contributed by atoms with van der Waals surface area (Å²) in [5.41, 5.74) is 9.93. The molecular weight excluding hydrogens is 216 g/mol. The molecule has 92 valence electrons. The van der Waals surface area contributed by atoms with Crippen LogP contribution in [0.5, 0.6) is 0 Å². The number of nitrogens with zero attached hydrogens (tertiary/aromatic N) is 3.